The largest absolute Gasteiger partial charge is 0.474 e. The maximum atomic E-state index is 11.7. The molecule has 0 aliphatic carbocycles. The second kappa shape index (κ2) is 7.44. The maximum Gasteiger partial charge on any atom is 0.321 e. The molecule has 0 bridgehead atoms. The number of carbonyl (C=O) groups is 2. The standard InChI is InChI=1S/C12H14ClN3O5/c1-3-14-12(18)15-11(17)7(2)21-10-6-8(13)4-5-9(10)16(19)20/h4-7H,3H2,1-2H3,(H2,14,15,17,18). The summed E-state index contributed by atoms with van der Waals surface area (Å²) in [5.41, 5.74) is -0.322. The number of carbonyl (C=O) groups excluding carboxylic acids is 2. The molecule has 1 unspecified atom stereocenters. The molecule has 0 aliphatic heterocycles. The molecule has 0 fully saturated rings. The lowest BCUT2D eigenvalue weighted by Crippen LogP contribution is -2.45. The highest BCUT2D eigenvalue weighted by molar-refractivity contribution is 6.30. The van der Waals surface area contributed by atoms with Gasteiger partial charge in [-0.05, 0) is 19.9 Å². The molecule has 1 aromatic rings. The summed E-state index contributed by atoms with van der Waals surface area (Å²) >= 11 is 5.74. The number of ether oxygens (including phenoxy) is 1. The van der Waals surface area contributed by atoms with E-state index < -0.39 is 23.0 Å². The Morgan fingerprint density at radius 2 is 2.14 bits per heavy atom. The van der Waals surface area contributed by atoms with Crippen LogP contribution in [-0.2, 0) is 4.79 Å². The van der Waals surface area contributed by atoms with Gasteiger partial charge >= 0.3 is 11.7 Å². The van der Waals surface area contributed by atoms with Gasteiger partial charge in [0, 0.05) is 23.7 Å². The number of nitrogens with one attached hydrogen (secondary N) is 2. The van der Waals surface area contributed by atoms with Gasteiger partial charge in [-0.3, -0.25) is 20.2 Å². The molecular formula is C12H14ClN3O5. The molecular weight excluding hydrogens is 302 g/mol. The second-order valence-electron chi connectivity index (χ2n) is 3.98. The molecule has 0 aromatic heterocycles. The summed E-state index contributed by atoms with van der Waals surface area (Å²) in [6.45, 7) is 3.41. The molecule has 0 spiro atoms. The summed E-state index contributed by atoms with van der Waals surface area (Å²) in [6, 6.07) is 3.08. The van der Waals surface area contributed by atoms with E-state index in [9.17, 15) is 19.7 Å². The van der Waals surface area contributed by atoms with Crippen LogP contribution in [0.15, 0.2) is 18.2 Å². The molecule has 0 saturated heterocycles. The monoisotopic (exact) mass is 315 g/mol. The summed E-state index contributed by atoms with van der Waals surface area (Å²) in [7, 11) is 0. The number of hydrogen-bond donors (Lipinski definition) is 2. The van der Waals surface area contributed by atoms with Gasteiger partial charge in [-0.1, -0.05) is 11.6 Å². The van der Waals surface area contributed by atoms with E-state index in [-0.39, 0.29) is 16.5 Å². The zero-order chi connectivity index (χ0) is 16.0. The Morgan fingerprint density at radius 3 is 2.71 bits per heavy atom. The Kier molecular flexibility index (Phi) is 5.92. The lowest BCUT2D eigenvalue weighted by molar-refractivity contribution is -0.386. The third-order valence-electron chi connectivity index (χ3n) is 2.37. The van der Waals surface area contributed by atoms with E-state index in [0.717, 1.165) is 0 Å². The van der Waals surface area contributed by atoms with E-state index in [1.807, 2.05) is 5.32 Å². The van der Waals surface area contributed by atoms with Gasteiger partial charge in [0.1, 0.15) is 0 Å². The van der Waals surface area contributed by atoms with Crippen LogP contribution >= 0.6 is 11.6 Å². The highest BCUT2D eigenvalue weighted by Crippen LogP contribution is 2.30. The first-order chi connectivity index (χ1) is 9.85. The highest BCUT2D eigenvalue weighted by atomic mass is 35.5. The Labute approximate surface area is 125 Å². The fourth-order valence-electron chi connectivity index (χ4n) is 1.40. The summed E-state index contributed by atoms with van der Waals surface area (Å²) in [5, 5.41) is 15.5. The smallest absolute Gasteiger partial charge is 0.321 e. The lowest BCUT2D eigenvalue weighted by Gasteiger charge is -2.14. The molecule has 3 amide bonds. The zero-order valence-corrected chi connectivity index (χ0v) is 12.1. The molecule has 1 atom stereocenters. The van der Waals surface area contributed by atoms with Crippen LogP contribution in [0.4, 0.5) is 10.5 Å². The molecule has 0 radical (unpaired) electrons. The summed E-state index contributed by atoms with van der Waals surface area (Å²) in [5.74, 6) is -0.874. The SMILES string of the molecule is CCNC(=O)NC(=O)C(C)Oc1cc(Cl)ccc1[N+](=O)[O-]. The van der Waals surface area contributed by atoms with E-state index in [0.29, 0.717) is 6.54 Å². The number of rotatable bonds is 5. The molecule has 0 aliphatic rings. The summed E-state index contributed by atoms with van der Waals surface area (Å²) in [6.07, 6.45) is -1.11. The fourth-order valence-corrected chi connectivity index (χ4v) is 1.56. The lowest BCUT2D eigenvalue weighted by atomic mass is 10.3. The van der Waals surface area contributed by atoms with E-state index in [1.165, 1.54) is 25.1 Å². The number of halogens is 1. The van der Waals surface area contributed by atoms with Gasteiger partial charge in [0.05, 0.1) is 4.92 Å². The van der Waals surface area contributed by atoms with Gasteiger partial charge in [0.2, 0.25) is 0 Å². The topological polar surface area (TPSA) is 111 Å². The van der Waals surface area contributed by atoms with Crippen LogP contribution in [0.2, 0.25) is 5.02 Å². The molecule has 1 aromatic carbocycles. The number of nitro groups is 1. The van der Waals surface area contributed by atoms with Gasteiger partial charge in [0.15, 0.2) is 11.9 Å². The van der Waals surface area contributed by atoms with Crippen LogP contribution in [0.3, 0.4) is 0 Å². The van der Waals surface area contributed by atoms with Gasteiger partial charge < -0.3 is 10.1 Å². The van der Waals surface area contributed by atoms with Crippen molar-refractivity contribution in [1.82, 2.24) is 10.6 Å². The van der Waals surface area contributed by atoms with Crippen LogP contribution in [0, 0.1) is 10.1 Å². The van der Waals surface area contributed by atoms with E-state index in [1.54, 1.807) is 6.92 Å². The Morgan fingerprint density at radius 1 is 1.48 bits per heavy atom. The van der Waals surface area contributed by atoms with E-state index in [4.69, 9.17) is 16.3 Å². The Balaban J connectivity index is 2.80. The number of nitro benzene ring substituents is 1. The predicted molar refractivity (Wildman–Crippen MR) is 75.4 cm³/mol. The minimum Gasteiger partial charge on any atom is -0.474 e. The summed E-state index contributed by atoms with van der Waals surface area (Å²) in [4.78, 5) is 33.1. The number of imide groups is 1. The first-order valence-corrected chi connectivity index (χ1v) is 6.42. The molecule has 0 saturated carbocycles. The number of nitrogens with zero attached hydrogens (tertiary/aromatic N) is 1. The first kappa shape index (κ1) is 16.7. The van der Waals surface area contributed by atoms with Crippen molar-refractivity contribution in [3.8, 4) is 5.75 Å². The molecule has 2 N–H and O–H groups in total. The molecule has 8 nitrogen and oxygen atoms in total. The van der Waals surface area contributed by atoms with Crippen molar-refractivity contribution in [2.45, 2.75) is 20.0 Å². The van der Waals surface area contributed by atoms with Crippen LogP contribution in [0.1, 0.15) is 13.8 Å². The Bertz CT molecular complexity index is 564. The molecule has 0 heterocycles. The average Bonchev–Trinajstić information content (AvgIpc) is 2.38. The van der Waals surface area contributed by atoms with Crippen molar-refractivity contribution < 1.29 is 19.2 Å². The predicted octanol–water partition coefficient (Wildman–Crippen LogP) is 1.86. The number of amides is 3. The van der Waals surface area contributed by atoms with Crippen molar-refractivity contribution in [1.29, 1.82) is 0 Å². The highest BCUT2D eigenvalue weighted by Gasteiger charge is 2.22. The van der Waals surface area contributed by atoms with Crippen LogP contribution in [0.5, 0.6) is 5.75 Å². The number of benzene rings is 1. The van der Waals surface area contributed by atoms with Crippen molar-refractivity contribution in [3.63, 3.8) is 0 Å². The quantitative estimate of drug-likeness (QED) is 0.636. The fraction of sp³-hybridized carbons (Fsp3) is 0.333. The van der Waals surface area contributed by atoms with Crippen LogP contribution < -0.4 is 15.4 Å². The van der Waals surface area contributed by atoms with Crippen LogP contribution in [-0.4, -0.2) is 29.5 Å². The number of hydrogen-bond acceptors (Lipinski definition) is 5. The van der Waals surface area contributed by atoms with Crippen molar-refractivity contribution in [2.24, 2.45) is 0 Å². The third-order valence-corrected chi connectivity index (χ3v) is 2.60. The van der Waals surface area contributed by atoms with Gasteiger partial charge in [0.25, 0.3) is 5.91 Å². The zero-order valence-electron chi connectivity index (χ0n) is 11.4. The van der Waals surface area contributed by atoms with Gasteiger partial charge in [-0.15, -0.1) is 0 Å². The normalized spacial score (nSPS) is 11.4. The van der Waals surface area contributed by atoms with Gasteiger partial charge in [-0.2, -0.15) is 0 Å². The van der Waals surface area contributed by atoms with E-state index >= 15 is 0 Å². The molecule has 9 heteroatoms. The average molecular weight is 316 g/mol. The minimum atomic E-state index is -1.11. The molecule has 1 rings (SSSR count). The maximum absolute atomic E-state index is 11.7. The first-order valence-electron chi connectivity index (χ1n) is 6.04. The summed E-state index contributed by atoms with van der Waals surface area (Å²) < 4.78 is 5.21. The van der Waals surface area contributed by atoms with Crippen LogP contribution in [0.25, 0.3) is 0 Å². The van der Waals surface area contributed by atoms with Crippen molar-refractivity contribution in [2.75, 3.05) is 6.54 Å². The third kappa shape index (κ3) is 4.92. The Hall–Kier alpha value is -2.35. The minimum absolute atomic E-state index is 0.147. The second-order valence-corrected chi connectivity index (χ2v) is 4.41. The van der Waals surface area contributed by atoms with Gasteiger partial charge in [-0.25, -0.2) is 4.79 Å². The van der Waals surface area contributed by atoms with Crippen molar-refractivity contribution in [3.05, 3.63) is 33.3 Å². The van der Waals surface area contributed by atoms with Crippen molar-refractivity contribution >= 4 is 29.2 Å². The van der Waals surface area contributed by atoms with E-state index in [2.05, 4.69) is 5.32 Å². The molecule has 21 heavy (non-hydrogen) atoms. The molecule has 114 valence electrons. The number of urea groups is 1.